The monoisotopic (exact) mass is 440 g/mol. The number of benzene rings is 3. The molecule has 9 nitrogen and oxygen atoms in total. The standard InChI is InChI=1S/C24H16N4O5/c25-14-15-6-8-16(9-7-15)21-20-22(33-27(21)18-4-2-1-3-5-18)24(30)26(23(20)29)17-10-12-19(13-11-17)28(31)32/h1-13,20-22H/t20-,21-,22-/m1/s1. The first kappa shape index (κ1) is 20.4. The number of imide groups is 1. The van der Waals surface area contributed by atoms with E-state index in [2.05, 4.69) is 6.07 Å². The van der Waals surface area contributed by atoms with E-state index < -0.39 is 34.8 Å². The Morgan fingerprint density at radius 3 is 2.15 bits per heavy atom. The van der Waals surface area contributed by atoms with Gasteiger partial charge in [-0.3, -0.25) is 24.5 Å². The van der Waals surface area contributed by atoms with Gasteiger partial charge in [0.15, 0.2) is 6.10 Å². The summed E-state index contributed by atoms with van der Waals surface area (Å²) in [7, 11) is 0. The van der Waals surface area contributed by atoms with Crippen LogP contribution in [0.1, 0.15) is 17.2 Å². The van der Waals surface area contributed by atoms with Crippen LogP contribution in [0.25, 0.3) is 0 Å². The van der Waals surface area contributed by atoms with Crippen LogP contribution in [-0.2, 0) is 14.4 Å². The number of carbonyl (C=O) groups is 2. The summed E-state index contributed by atoms with van der Waals surface area (Å²) in [5.41, 5.74) is 1.99. The molecule has 2 aliphatic heterocycles. The van der Waals surface area contributed by atoms with Gasteiger partial charge in [-0.1, -0.05) is 30.3 Å². The first-order chi connectivity index (χ1) is 16.0. The molecule has 3 atom stereocenters. The lowest BCUT2D eigenvalue weighted by molar-refractivity contribution is -0.384. The molecule has 9 heteroatoms. The third kappa shape index (κ3) is 3.30. The van der Waals surface area contributed by atoms with Crippen molar-refractivity contribution >= 4 is 28.9 Å². The average Bonchev–Trinajstić information content (AvgIpc) is 3.35. The summed E-state index contributed by atoms with van der Waals surface area (Å²) in [6.07, 6.45) is -1.05. The molecule has 2 fully saturated rings. The normalized spacial score (nSPS) is 21.7. The van der Waals surface area contributed by atoms with E-state index in [1.807, 2.05) is 30.3 Å². The SMILES string of the molecule is N#Cc1ccc([C@@H]2[C@H]3C(=O)N(c4ccc([N+](=O)[O-])cc4)C(=O)[C@@H]3ON2c2ccccc2)cc1. The Balaban J connectivity index is 1.55. The number of hydrogen-bond acceptors (Lipinski definition) is 7. The maximum Gasteiger partial charge on any atom is 0.269 e. The number of anilines is 2. The van der Waals surface area contributed by atoms with Gasteiger partial charge in [-0.15, -0.1) is 0 Å². The molecule has 3 aromatic rings. The van der Waals surface area contributed by atoms with Gasteiger partial charge in [0.25, 0.3) is 11.6 Å². The second-order valence-corrected chi connectivity index (χ2v) is 7.68. The number of non-ortho nitro benzene ring substituents is 1. The van der Waals surface area contributed by atoms with Gasteiger partial charge in [-0.25, -0.2) is 9.96 Å². The smallest absolute Gasteiger partial charge is 0.269 e. The lowest BCUT2D eigenvalue weighted by Gasteiger charge is -2.28. The second kappa shape index (κ2) is 7.85. The van der Waals surface area contributed by atoms with Crippen molar-refractivity contribution in [2.24, 2.45) is 5.92 Å². The van der Waals surface area contributed by atoms with E-state index in [1.54, 1.807) is 29.3 Å². The summed E-state index contributed by atoms with van der Waals surface area (Å²) in [6.45, 7) is 0. The minimum absolute atomic E-state index is 0.139. The van der Waals surface area contributed by atoms with Crippen LogP contribution in [0, 0.1) is 27.4 Å². The number of hydroxylamine groups is 1. The predicted molar refractivity (Wildman–Crippen MR) is 117 cm³/mol. The fourth-order valence-electron chi connectivity index (χ4n) is 4.28. The zero-order chi connectivity index (χ0) is 23.1. The minimum atomic E-state index is -1.05. The van der Waals surface area contributed by atoms with Gasteiger partial charge >= 0.3 is 0 Å². The topological polar surface area (TPSA) is 117 Å². The molecular formula is C24H16N4O5. The average molecular weight is 440 g/mol. The zero-order valence-electron chi connectivity index (χ0n) is 17.1. The Hall–Kier alpha value is -4.55. The van der Waals surface area contributed by atoms with Gasteiger partial charge in [0, 0.05) is 12.1 Å². The number of hydrogen-bond donors (Lipinski definition) is 0. The van der Waals surface area contributed by atoms with E-state index in [9.17, 15) is 19.7 Å². The van der Waals surface area contributed by atoms with Crippen molar-refractivity contribution in [3.8, 4) is 6.07 Å². The molecule has 0 saturated carbocycles. The summed E-state index contributed by atoms with van der Waals surface area (Å²) in [5.74, 6) is -1.82. The fraction of sp³-hybridized carbons (Fsp3) is 0.125. The Labute approximate surface area is 188 Å². The van der Waals surface area contributed by atoms with Crippen molar-refractivity contribution in [3.63, 3.8) is 0 Å². The Morgan fingerprint density at radius 1 is 0.879 bits per heavy atom. The van der Waals surface area contributed by atoms with E-state index in [1.165, 1.54) is 24.3 Å². The van der Waals surface area contributed by atoms with Crippen molar-refractivity contribution in [3.05, 3.63) is 100 Å². The van der Waals surface area contributed by atoms with Gasteiger partial charge < -0.3 is 0 Å². The molecular weight excluding hydrogens is 424 g/mol. The quantitative estimate of drug-likeness (QED) is 0.346. The summed E-state index contributed by atoms with van der Waals surface area (Å²) in [5, 5.41) is 21.7. The number of nitrogens with zero attached hydrogens (tertiary/aromatic N) is 4. The first-order valence-electron chi connectivity index (χ1n) is 10.1. The Kier molecular flexibility index (Phi) is 4.84. The van der Waals surface area contributed by atoms with Crippen molar-refractivity contribution in [1.29, 1.82) is 5.26 Å². The van der Waals surface area contributed by atoms with Gasteiger partial charge in [0.1, 0.15) is 5.92 Å². The predicted octanol–water partition coefficient (Wildman–Crippen LogP) is 3.52. The fourth-order valence-corrected chi connectivity index (χ4v) is 4.28. The molecule has 2 aliphatic rings. The third-order valence-corrected chi connectivity index (χ3v) is 5.83. The molecule has 2 heterocycles. The number of carbonyl (C=O) groups excluding carboxylic acids is 2. The molecule has 0 unspecified atom stereocenters. The maximum atomic E-state index is 13.5. The number of para-hydroxylation sites is 1. The zero-order valence-corrected chi connectivity index (χ0v) is 17.1. The van der Waals surface area contributed by atoms with Crippen molar-refractivity contribution in [2.75, 3.05) is 9.96 Å². The number of fused-ring (bicyclic) bond motifs is 1. The molecule has 5 rings (SSSR count). The Bertz CT molecular complexity index is 1290. The summed E-state index contributed by atoms with van der Waals surface area (Å²) in [6, 6.07) is 22.7. The molecule has 33 heavy (non-hydrogen) atoms. The van der Waals surface area contributed by atoms with Crippen molar-refractivity contribution < 1.29 is 19.3 Å². The van der Waals surface area contributed by atoms with Gasteiger partial charge in [0.05, 0.1) is 34.0 Å². The van der Waals surface area contributed by atoms with E-state index in [-0.39, 0.29) is 11.4 Å². The number of nitro benzene ring substituents is 1. The highest BCUT2D eigenvalue weighted by Gasteiger charge is 2.60. The maximum absolute atomic E-state index is 13.5. The lowest BCUT2D eigenvalue weighted by atomic mass is 9.90. The molecule has 0 N–H and O–H groups in total. The first-order valence-corrected chi connectivity index (χ1v) is 10.1. The van der Waals surface area contributed by atoms with Gasteiger partial charge in [0.2, 0.25) is 5.91 Å². The van der Waals surface area contributed by atoms with Gasteiger partial charge in [-0.2, -0.15) is 5.26 Å². The minimum Gasteiger partial charge on any atom is -0.273 e. The van der Waals surface area contributed by atoms with E-state index >= 15 is 0 Å². The van der Waals surface area contributed by atoms with Crippen LogP contribution in [0.4, 0.5) is 17.1 Å². The summed E-state index contributed by atoms with van der Waals surface area (Å²) in [4.78, 5) is 44.2. The number of rotatable bonds is 4. The summed E-state index contributed by atoms with van der Waals surface area (Å²) < 4.78 is 0. The third-order valence-electron chi connectivity index (χ3n) is 5.83. The number of nitro groups is 1. The number of nitriles is 1. The molecule has 2 amide bonds. The van der Waals surface area contributed by atoms with Crippen molar-refractivity contribution in [1.82, 2.24) is 0 Å². The molecule has 0 aliphatic carbocycles. The molecule has 0 aromatic heterocycles. The molecule has 0 radical (unpaired) electrons. The lowest BCUT2D eigenvalue weighted by Crippen LogP contribution is -2.37. The largest absolute Gasteiger partial charge is 0.273 e. The summed E-state index contributed by atoms with van der Waals surface area (Å²) >= 11 is 0. The highest BCUT2D eigenvalue weighted by molar-refractivity contribution is 6.23. The van der Waals surface area contributed by atoms with Crippen molar-refractivity contribution in [2.45, 2.75) is 12.1 Å². The van der Waals surface area contributed by atoms with Gasteiger partial charge in [-0.05, 0) is 42.0 Å². The van der Waals surface area contributed by atoms with Crippen LogP contribution >= 0.6 is 0 Å². The Morgan fingerprint density at radius 2 is 1.55 bits per heavy atom. The van der Waals surface area contributed by atoms with Crippen LogP contribution in [0.2, 0.25) is 0 Å². The van der Waals surface area contributed by atoms with Crippen LogP contribution < -0.4 is 9.96 Å². The van der Waals surface area contributed by atoms with Crippen LogP contribution in [0.3, 0.4) is 0 Å². The highest BCUT2D eigenvalue weighted by Crippen LogP contribution is 2.47. The van der Waals surface area contributed by atoms with Crippen LogP contribution in [0.15, 0.2) is 78.9 Å². The van der Waals surface area contributed by atoms with E-state index in [0.29, 0.717) is 11.3 Å². The molecule has 0 spiro atoms. The van der Waals surface area contributed by atoms with E-state index in [0.717, 1.165) is 10.5 Å². The highest BCUT2D eigenvalue weighted by atomic mass is 16.7. The van der Waals surface area contributed by atoms with Crippen LogP contribution in [0.5, 0.6) is 0 Å². The molecule has 2 saturated heterocycles. The molecule has 0 bridgehead atoms. The molecule has 3 aromatic carbocycles. The van der Waals surface area contributed by atoms with Crippen LogP contribution in [-0.4, -0.2) is 22.8 Å². The second-order valence-electron chi connectivity index (χ2n) is 7.68. The van der Waals surface area contributed by atoms with E-state index in [4.69, 9.17) is 10.1 Å². The number of amides is 2. The molecule has 162 valence electrons.